The molecule has 0 saturated carbocycles. The van der Waals surface area contributed by atoms with Gasteiger partial charge in [-0.1, -0.05) is 6.07 Å². The number of aromatic nitrogens is 4. The van der Waals surface area contributed by atoms with E-state index in [-0.39, 0.29) is 18.3 Å². The average Bonchev–Trinajstić information content (AvgIpc) is 3.16. The van der Waals surface area contributed by atoms with Gasteiger partial charge in [-0.3, -0.25) is 9.89 Å². The van der Waals surface area contributed by atoms with Crippen LogP contribution in [0, 0.1) is 12.7 Å². The minimum Gasteiger partial charge on any atom is -0.347 e. The summed E-state index contributed by atoms with van der Waals surface area (Å²) in [5.41, 5.74) is 1.47. The van der Waals surface area contributed by atoms with Crippen LogP contribution < -0.4 is 5.32 Å². The van der Waals surface area contributed by atoms with Crippen molar-refractivity contribution in [2.75, 3.05) is 0 Å². The van der Waals surface area contributed by atoms with Crippen LogP contribution in [0.4, 0.5) is 4.39 Å². The highest BCUT2D eigenvalue weighted by atomic mass is 19.1. The van der Waals surface area contributed by atoms with Crippen LogP contribution in [0.3, 0.4) is 0 Å². The molecule has 112 valence electrons. The van der Waals surface area contributed by atoms with Gasteiger partial charge < -0.3 is 9.88 Å². The van der Waals surface area contributed by atoms with E-state index in [9.17, 15) is 9.18 Å². The average molecular weight is 299 g/mol. The number of benzene rings is 1. The summed E-state index contributed by atoms with van der Waals surface area (Å²) in [6.07, 6.45) is 4.82. The molecule has 2 aromatic heterocycles. The minimum atomic E-state index is -0.366. The Morgan fingerprint density at radius 2 is 2.23 bits per heavy atom. The van der Waals surface area contributed by atoms with Gasteiger partial charge in [0.2, 0.25) is 0 Å². The Kier molecular flexibility index (Phi) is 3.69. The van der Waals surface area contributed by atoms with E-state index in [1.54, 1.807) is 42.1 Å². The molecule has 0 atom stereocenters. The zero-order chi connectivity index (χ0) is 15.5. The normalized spacial score (nSPS) is 10.6. The number of aryl methyl sites for hydroxylation is 1. The lowest BCUT2D eigenvalue weighted by molar-refractivity contribution is 0.0946. The molecule has 3 aromatic rings. The first-order valence-electron chi connectivity index (χ1n) is 6.71. The van der Waals surface area contributed by atoms with Crippen LogP contribution in [0.5, 0.6) is 0 Å². The van der Waals surface area contributed by atoms with Gasteiger partial charge in [-0.05, 0) is 30.7 Å². The number of carbonyl (C=O) groups is 1. The van der Waals surface area contributed by atoms with Crippen LogP contribution in [-0.4, -0.2) is 25.7 Å². The highest BCUT2D eigenvalue weighted by molar-refractivity contribution is 5.92. The van der Waals surface area contributed by atoms with Gasteiger partial charge in [0.15, 0.2) is 0 Å². The molecule has 0 aliphatic rings. The molecule has 0 spiro atoms. The largest absolute Gasteiger partial charge is 0.347 e. The number of hydrogen-bond acceptors (Lipinski definition) is 3. The highest BCUT2D eigenvalue weighted by Crippen LogP contribution is 2.16. The highest BCUT2D eigenvalue weighted by Gasteiger charge is 2.10. The molecule has 3 rings (SSSR count). The Morgan fingerprint density at radius 3 is 2.86 bits per heavy atom. The zero-order valence-electron chi connectivity index (χ0n) is 11.9. The van der Waals surface area contributed by atoms with Crippen LogP contribution in [-0.2, 0) is 6.54 Å². The van der Waals surface area contributed by atoms with Gasteiger partial charge in [0.05, 0.1) is 5.69 Å². The van der Waals surface area contributed by atoms with Crippen molar-refractivity contribution in [2.24, 2.45) is 0 Å². The van der Waals surface area contributed by atoms with Gasteiger partial charge in [-0.25, -0.2) is 9.37 Å². The van der Waals surface area contributed by atoms with E-state index < -0.39 is 0 Å². The van der Waals surface area contributed by atoms with Gasteiger partial charge in [-0.15, -0.1) is 0 Å². The lowest BCUT2D eigenvalue weighted by atomic mass is 10.2. The molecule has 0 radical (unpaired) electrons. The fourth-order valence-corrected chi connectivity index (χ4v) is 2.15. The smallest absolute Gasteiger partial charge is 0.269 e. The molecular weight excluding hydrogens is 285 g/mol. The van der Waals surface area contributed by atoms with Gasteiger partial charge in [0.25, 0.3) is 5.91 Å². The van der Waals surface area contributed by atoms with Crippen molar-refractivity contribution in [3.8, 4) is 5.69 Å². The molecule has 2 N–H and O–H groups in total. The van der Waals surface area contributed by atoms with E-state index >= 15 is 0 Å². The van der Waals surface area contributed by atoms with Crippen molar-refractivity contribution in [2.45, 2.75) is 13.5 Å². The van der Waals surface area contributed by atoms with Gasteiger partial charge in [-0.2, -0.15) is 5.10 Å². The summed E-state index contributed by atoms with van der Waals surface area (Å²) in [4.78, 5) is 15.8. The minimum absolute atomic E-state index is 0.234. The van der Waals surface area contributed by atoms with Crippen molar-refractivity contribution in [1.29, 1.82) is 0 Å². The second-order valence-corrected chi connectivity index (χ2v) is 4.78. The molecule has 1 amide bonds. The molecule has 2 heterocycles. The first-order chi connectivity index (χ1) is 10.6. The number of amides is 1. The number of carbonyl (C=O) groups excluding carboxylic acids is 1. The Morgan fingerprint density at radius 1 is 1.36 bits per heavy atom. The molecule has 7 heteroatoms. The number of rotatable bonds is 4. The summed E-state index contributed by atoms with van der Waals surface area (Å²) in [5, 5.41) is 8.98. The number of hydrogen-bond donors (Lipinski definition) is 2. The summed E-state index contributed by atoms with van der Waals surface area (Å²) >= 11 is 0. The van der Waals surface area contributed by atoms with E-state index in [0.29, 0.717) is 22.8 Å². The number of halogens is 1. The first-order valence-corrected chi connectivity index (χ1v) is 6.71. The molecule has 0 unspecified atom stereocenters. The fourth-order valence-electron chi connectivity index (χ4n) is 2.15. The second kappa shape index (κ2) is 5.80. The van der Waals surface area contributed by atoms with Crippen molar-refractivity contribution in [3.63, 3.8) is 0 Å². The Hall–Kier alpha value is -2.96. The van der Waals surface area contributed by atoms with E-state index in [1.807, 2.05) is 0 Å². The predicted molar refractivity (Wildman–Crippen MR) is 78.0 cm³/mol. The molecule has 0 bridgehead atoms. The molecule has 0 aliphatic carbocycles. The maximum atomic E-state index is 14.2. The van der Waals surface area contributed by atoms with Crippen LogP contribution in [0.2, 0.25) is 0 Å². The van der Waals surface area contributed by atoms with Crippen LogP contribution in [0.25, 0.3) is 5.69 Å². The Labute approximate surface area is 126 Å². The molecule has 0 fully saturated rings. The van der Waals surface area contributed by atoms with Gasteiger partial charge in [0.1, 0.15) is 17.3 Å². The maximum Gasteiger partial charge on any atom is 0.269 e. The summed E-state index contributed by atoms with van der Waals surface area (Å²) in [6, 6.07) is 6.41. The van der Waals surface area contributed by atoms with Crippen molar-refractivity contribution in [1.82, 2.24) is 25.1 Å². The van der Waals surface area contributed by atoms with Crippen molar-refractivity contribution >= 4 is 5.91 Å². The third-order valence-corrected chi connectivity index (χ3v) is 3.30. The van der Waals surface area contributed by atoms with Crippen LogP contribution >= 0.6 is 0 Å². The third-order valence-electron chi connectivity index (χ3n) is 3.30. The van der Waals surface area contributed by atoms with Gasteiger partial charge in [0, 0.05) is 25.1 Å². The number of aromatic amines is 1. The second-order valence-electron chi connectivity index (χ2n) is 4.78. The van der Waals surface area contributed by atoms with E-state index in [4.69, 9.17) is 0 Å². The number of nitrogens with zero attached hydrogens (tertiary/aromatic N) is 3. The number of nitrogens with one attached hydrogen (secondary N) is 2. The lowest BCUT2D eigenvalue weighted by Crippen LogP contribution is -2.23. The Bertz CT molecular complexity index is 794. The lowest BCUT2D eigenvalue weighted by Gasteiger charge is -2.09. The van der Waals surface area contributed by atoms with Gasteiger partial charge >= 0.3 is 0 Å². The third kappa shape index (κ3) is 2.73. The van der Waals surface area contributed by atoms with E-state index in [2.05, 4.69) is 20.5 Å². The summed E-state index contributed by atoms with van der Waals surface area (Å²) in [5.74, 6) is 0.0565. The molecule has 6 nitrogen and oxygen atoms in total. The molecule has 0 saturated heterocycles. The Balaban J connectivity index is 1.73. The molecular formula is C15H14FN5O. The van der Waals surface area contributed by atoms with Crippen LogP contribution in [0.15, 0.2) is 42.9 Å². The quantitative estimate of drug-likeness (QED) is 0.773. The standard InChI is InChI=1S/C15H14FN5O/c1-10-17-6-7-21(10)14-3-2-11(8-12(14)16)9-18-15(22)13-4-5-19-20-13/h2-8H,9H2,1H3,(H,18,22)(H,19,20). The molecule has 1 aromatic carbocycles. The molecule has 0 aliphatic heterocycles. The van der Waals surface area contributed by atoms with Crippen LogP contribution in [0.1, 0.15) is 21.9 Å². The maximum absolute atomic E-state index is 14.2. The van der Waals surface area contributed by atoms with Crippen molar-refractivity contribution in [3.05, 3.63) is 65.8 Å². The van der Waals surface area contributed by atoms with E-state index in [0.717, 1.165) is 0 Å². The van der Waals surface area contributed by atoms with E-state index in [1.165, 1.54) is 12.3 Å². The fraction of sp³-hybridized carbons (Fsp3) is 0.133. The topological polar surface area (TPSA) is 75.6 Å². The SMILES string of the molecule is Cc1nccn1-c1ccc(CNC(=O)c2ccn[nH]2)cc1F. The zero-order valence-corrected chi connectivity index (χ0v) is 11.9. The summed E-state index contributed by atoms with van der Waals surface area (Å²) in [6.45, 7) is 2.04. The first kappa shape index (κ1) is 14.0. The molecule has 22 heavy (non-hydrogen) atoms. The summed E-state index contributed by atoms with van der Waals surface area (Å²) in [7, 11) is 0. The predicted octanol–water partition coefficient (Wildman–Crippen LogP) is 1.97. The number of imidazole rings is 1. The number of H-pyrrole nitrogens is 1. The van der Waals surface area contributed by atoms with Crippen molar-refractivity contribution < 1.29 is 9.18 Å². The summed E-state index contributed by atoms with van der Waals surface area (Å²) < 4.78 is 15.9. The monoisotopic (exact) mass is 299 g/mol.